The molecule has 0 radical (unpaired) electrons. The van der Waals surface area contributed by atoms with Gasteiger partial charge in [0.2, 0.25) is 5.91 Å². The van der Waals surface area contributed by atoms with Gasteiger partial charge in [-0.25, -0.2) is 9.19 Å². The van der Waals surface area contributed by atoms with Crippen molar-refractivity contribution in [3.8, 4) is 0 Å². The van der Waals surface area contributed by atoms with Crippen LogP contribution >= 0.6 is 0 Å². The maximum Gasteiger partial charge on any atom is 0.230 e. The fourth-order valence-corrected chi connectivity index (χ4v) is 5.97. The second-order valence-electron chi connectivity index (χ2n) is 7.17. The van der Waals surface area contributed by atoms with Crippen LogP contribution in [-0.2, 0) is 25.7 Å². The number of carbonyl (C=O) groups excluding carboxylic acids is 1. The molecule has 0 saturated carbocycles. The van der Waals surface area contributed by atoms with Crippen molar-refractivity contribution in [2.45, 2.75) is 24.9 Å². The van der Waals surface area contributed by atoms with Crippen LogP contribution < -0.4 is 0 Å². The summed E-state index contributed by atoms with van der Waals surface area (Å²) in [6.45, 7) is 1.65. The molecule has 2 aliphatic heterocycles. The smallest absolute Gasteiger partial charge is 0.230 e. The molecule has 1 spiro atoms. The topological polar surface area (TPSA) is 87.6 Å². The minimum atomic E-state index is -2.27. The van der Waals surface area contributed by atoms with Crippen molar-refractivity contribution in [1.29, 1.82) is 0 Å². The maximum absolute atomic E-state index is 13.1. The van der Waals surface area contributed by atoms with Gasteiger partial charge in [-0.2, -0.15) is 4.36 Å². The Morgan fingerprint density at radius 1 is 1.30 bits per heavy atom. The number of carbonyl (C=O) groups is 1. The molecule has 2 aromatic rings. The number of benzene rings is 1. The number of H-pyrrole nitrogens is 1. The molecule has 27 heavy (non-hydrogen) atoms. The van der Waals surface area contributed by atoms with E-state index in [0.717, 1.165) is 5.69 Å². The number of amides is 1. The highest BCUT2D eigenvalue weighted by Gasteiger charge is 2.42. The Labute approximate surface area is 159 Å². The fourth-order valence-electron chi connectivity index (χ4n) is 3.70. The lowest BCUT2D eigenvalue weighted by molar-refractivity contribution is -0.151. The van der Waals surface area contributed by atoms with Crippen molar-refractivity contribution in [1.82, 2.24) is 14.9 Å². The molecule has 7 nitrogen and oxygen atoms in total. The molecule has 0 aliphatic carbocycles. The predicted octanol–water partition coefficient (Wildman–Crippen LogP) is 2.14. The van der Waals surface area contributed by atoms with Crippen LogP contribution in [0.4, 0.5) is 5.69 Å². The Kier molecular flexibility index (Phi) is 5.01. The summed E-state index contributed by atoms with van der Waals surface area (Å²) < 4.78 is 23.7. The third kappa shape index (κ3) is 4.22. The Morgan fingerprint density at radius 3 is 2.78 bits per heavy atom. The maximum atomic E-state index is 13.1. The fraction of sp³-hybridized carbons (Fsp3) is 0.474. The normalized spacial score (nSPS) is 28.2. The lowest BCUT2D eigenvalue weighted by Gasteiger charge is -2.45. The van der Waals surface area contributed by atoms with E-state index in [2.05, 4.69) is 14.3 Å². The third-order valence-corrected chi connectivity index (χ3v) is 7.48. The molecule has 1 N–H and O–H groups in total. The van der Waals surface area contributed by atoms with Gasteiger partial charge in [-0.05, 0) is 25.0 Å². The largest absolute Gasteiger partial charge is 0.371 e. The van der Waals surface area contributed by atoms with Crippen LogP contribution in [0, 0.1) is 0 Å². The van der Waals surface area contributed by atoms with Crippen molar-refractivity contribution in [3.63, 3.8) is 0 Å². The number of imidazole rings is 1. The summed E-state index contributed by atoms with van der Waals surface area (Å²) in [6.07, 6.45) is 4.96. The average molecular weight is 388 g/mol. The van der Waals surface area contributed by atoms with Gasteiger partial charge in [-0.1, -0.05) is 18.2 Å². The van der Waals surface area contributed by atoms with Crippen LogP contribution in [0.15, 0.2) is 47.1 Å². The molecule has 1 aromatic heterocycles. The first-order chi connectivity index (χ1) is 13.1. The first-order valence-electron chi connectivity index (χ1n) is 9.24. The van der Waals surface area contributed by atoms with E-state index in [9.17, 15) is 9.00 Å². The summed E-state index contributed by atoms with van der Waals surface area (Å²) in [5.74, 6) is 1.73. The van der Waals surface area contributed by atoms with Gasteiger partial charge in [0.05, 0.1) is 34.0 Å². The van der Waals surface area contributed by atoms with E-state index in [0.29, 0.717) is 49.9 Å². The van der Waals surface area contributed by atoms with Gasteiger partial charge in [0.25, 0.3) is 0 Å². The molecule has 0 bridgehead atoms. The summed E-state index contributed by atoms with van der Waals surface area (Å²) in [5, 5.41) is 0. The van der Waals surface area contributed by atoms with Crippen LogP contribution in [0.5, 0.6) is 0 Å². The summed E-state index contributed by atoms with van der Waals surface area (Å²) in [4.78, 5) is 21.6. The first kappa shape index (κ1) is 18.2. The van der Waals surface area contributed by atoms with Crippen molar-refractivity contribution >= 4 is 21.3 Å². The van der Waals surface area contributed by atoms with Crippen molar-refractivity contribution in [2.24, 2.45) is 4.36 Å². The van der Waals surface area contributed by atoms with Gasteiger partial charge in [0.15, 0.2) is 0 Å². The van der Waals surface area contributed by atoms with Gasteiger partial charge in [-0.3, -0.25) is 4.79 Å². The quantitative estimate of drug-likeness (QED) is 0.873. The molecule has 1 amide bonds. The molecule has 0 atom stereocenters. The molecular formula is C19H24N4O3S. The highest BCUT2D eigenvalue weighted by molar-refractivity contribution is 7.93. The molecule has 2 aliphatic rings. The zero-order chi connectivity index (χ0) is 18.7. The van der Waals surface area contributed by atoms with E-state index in [1.807, 2.05) is 35.2 Å². The molecule has 0 unspecified atom stereocenters. The van der Waals surface area contributed by atoms with Crippen LogP contribution in [-0.4, -0.2) is 61.8 Å². The van der Waals surface area contributed by atoms with E-state index in [-0.39, 0.29) is 12.3 Å². The van der Waals surface area contributed by atoms with E-state index in [4.69, 9.17) is 4.74 Å². The van der Waals surface area contributed by atoms with Crippen molar-refractivity contribution in [2.75, 3.05) is 31.2 Å². The van der Waals surface area contributed by atoms with Gasteiger partial charge in [-0.15, -0.1) is 0 Å². The van der Waals surface area contributed by atoms with Gasteiger partial charge in [0.1, 0.15) is 5.82 Å². The van der Waals surface area contributed by atoms with Crippen molar-refractivity contribution < 1.29 is 13.7 Å². The zero-order valence-corrected chi connectivity index (χ0v) is 16.0. The first-order valence-corrected chi connectivity index (χ1v) is 11.1. The lowest BCUT2D eigenvalue weighted by atomic mass is 9.94. The van der Waals surface area contributed by atoms with Gasteiger partial charge in [0, 0.05) is 37.0 Å². The summed E-state index contributed by atoms with van der Waals surface area (Å²) in [5.41, 5.74) is 0.364. The molecular weight excluding hydrogens is 364 g/mol. The number of aromatic nitrogens is 2. The monoisotopic (exact) mass is 388 g/mol. The standard InChI is InChI=1S/C19H24N4O3S/c24-18(14-17-20-8-9-21-17)23-10-11-26-19(15-23)6-12-27(25,13-7-19)22-16-4-2-1-3-5-16/h1-5,8-9H,6-7,10-15H2,(H,20,21). The number of morpholine rings is 1. The van der Waals surface area contributed by atoms with Crippen LogP contribution in [0.3, 0.4) is 0 Å². The summed E-state index contributed by atoms with van der Waals surface area (Å²) in [7, 11) is -2.27. The molecule has 2 saturated heterocycles. The van der Waals surface area contributed by atoms with Crippen LogP contribution in [0.2, 0.25) is 0 Å². The van der Waals surface area contributed by atoms with Crippen LogP contribution in [0.1, 0.15) is 18.7 Å². The van der Waals surface area contributed by atoms with E-state index in [1.165, 1.54) is 0 Å². The number of rotatable bonds is 3. The zero-order valence-electron chi connectivity index (χ0n) is 15.2. The molecule has 3 heterocycles. The van der Waals surface area contributed by atoms with Gasteiger partial charge >= 0.3 is 0 Å². The molecule has 2 fully saturated rings. The number of aromatic amines is 1. The Balaban J connectivity index is 1.42. The second kappa shape index (κ2) is 7.44. The number of hydrogen-bond donors (Lipinski definition) is 1. The molecule has 8 heteroatoms. The highest BCUT2D eigenvalue weighted by atomic mass is 32.2. The van der Waals surface area contributed by atoms with E-state index < -0.39 is 15.3 Å². The SMILES string of the molecule is O=C(Cc1ncc[nH]1)N1CCOC2(CCS(=O)(=Nc3ccccc3)CC2)C1. The number of hydrogen-bond acceptors (Lipinski definition) is 5. The average Bonchev–Trinajstić information content (AvgIpc) is 3.19. The number of nitrogens with zero attached hydrogens (tertiary/aromatic N) is 3. The molecule has 1 aromatic carbocycles. The Morgan fingerprint density at radius 2 is 2.07 bits per heavy atom. The van der Waals surface area contributed by atoms with Gasteiger partial charge < -0.3 is 14.6 Å². The Hall–Kier alpha value is -2.19. The third-order valence-electron chi connectivity index (χ3n) is 5.26. The van der Waals surface area contributed by atoms with E-state index >= 15 is 0 Å². The predicted molar refractivity (Wildman–Crippen MR) is 103 cm³/mol. The minimum absolute atomic E-state index is 0.0490. The van der Waals surface area contributed by atoms with Crippen LogP contribution in [0.25, 0.3) is 0 Å². The number of ether oxygens (including phenoxy) is 1. The van der Waals surface area contributed by atoms with E-state index in [1.54, 1.807) is 12.4 Å². The number of nitrogens with one attached hydrogen (secondary N) is 1. The highest BCUT2D eigenvalue weighted by Crippen LogP contribution is 2.33. The lowest BCUT2D eigenvalue weighted by Crippen LogP contribution is -2.56. The minimum Gasteiger partial charge on any atom is -0.371 e. The summed E-state index contributed by atoms with van der Waals surface area (Å²) in [6, 6.07) is 9.48. The molecule has 144 valence electrons. The second-order valence-corrected chi connectivity index (χ2v) is 9.71. The summed E-state index contributed by atoms with van der Waals surface area (Å²) >= 11 is 0. The van der Waals surface area contributed by atoms with Crippen molar-refractivity contribution in [3.05, 3.63) is 48.5 Å². The molecule has 4 rings (SSSR count). The Bertz CT molecular complexity index is 890.